The first kappa shape index (κ1) is 8.32. The average Bonchev–Trinajstić information content (AvgIpc) is 1.61. The van der Waals surface area contributed by atoms with Gasteiger partial charge in [-0.2, -0.15) is 0 Å². The lowest BCUT2D eigenvalue weighted by molar-refractivity contribution is 0.829. The first-order valence-electron chi connectivity index (χ1n) is 2.59. The lowest BCUT2D eigenvalue weighted by Crippen LogP contribution is -1.81. The lowest BCUT2D eigenvalue weighted by Gasteiger charge is -1.92. The van der Waals surface area contributed by atoms with Crippen LogP contribution < -0.4 is 0 Å². The van der Waals surface area contributed by atoms with Gasteiger partial charge in [0.1, 0.15) is 4.84 Å². The molecule has 0 aromatic heterocycles. The Balaban J connectivity index is 3.34. The first-order chi connectivity index (χ1) is 3.63. The summed E-state index contributed by atoms with van der Waals surface area (Å²) in [5.74, 6) is 0.537. The molecule has 0 saturated heterocycles. The zero-order valence-electron chi connectivity index (χ0n) is 5.07. The topological polar surface area (TPSA) is 0 Å². The molecule has 8 heavy (non-hydrogen) atoms. The first-order valence-corrected chi connectivity index (χ1v) is 3.46. The Morgan fingerprint density at radius 1 is 1.12 bits per heavy atom. The van der Waals surface area contributed by atoms with Crippen molar-refractivity contribution in [1.29, 1.82) is 0 Å². The van der Waals surface area contributed by atoms with Gasteiger partial charge in [0.25, 0.3) is 0 Å². The van der Waals surface area contributed by atoms with Crippen molar-refractivity contribution in [3.63, 3.8) is 0 Å². The van der Waals surface area contributed by atoms with Crippen molar-refractivity contribution < 1.29 is 0 Å². The highest BCUT2D eigenvalue weighted by molar-refractivity contribution is 6.45. The minimum absolute atomic E-state index is 0.350. The van der Waals surface area contributed by atoms with Crippen molar-refractivity contribution in [1.82, 2.24) is 0 Å². The third-order valence-corrected chi connectivity index (χ3v) is 0.932. The molecule has 0 N–H and O–H groups in total. The molecule has 0 aromatic rings. The summed E-state index contributed by atoms with van der Waals surface area (Å²) in [7, 11) is 0. The standard InChI is InChI=1S/C6H10Cl2/c1-5(2)3-4-6(7)8/h3-6H,1-2H3. The van der Waals surface area contributed by atoms with E-state index < -0.39 is 0 Å². The predicted molar refractivity (Wildman–Crippen MR) is 39.5 cm³/mol. The highest BCUT2D eigenvalue weighted by atomic mass is 35.5. The molecule has 0 atom stereocenters. The summed E-state index contributed by atoms with van der Waals surface area (Å²) >= 11 is 10.8. The molecule has 0 radical (unpaired) electrons. The molecule has 2 heteroatoms. The van der Waals surface area contributed by atoms with Crippen molar-refractivity contribution in [2.24, 2.45) is 5.92 Å². The van der Waals surface area contributed by atoms with Crippen LogP contribution in [0.1, 0.15) is 13.8 Å². The summed E-state index contributed by atoms with van der Waals surface area (Å²) in [5.41, 5.74) is 0. The Morgan fingerprint density at radius 3 is 1.75 bits per heavy atom. The number of hydrogen-bond donors (Lipinski definition) is 0. The SMILES string of the molecule is CC(C)C=CC(Cl)Cl. The van der Waals surface area contributed by atoms with Crippen LogP contribution >= 0.6 is 23.2 Å². The maximum absolute atomic E-state index is 5.40. The summed E-state index contributed by atoms with van der Waals surface area (Å²) in [4.78, 5) is -0.350. The van der Waals surface area contributed by atoms with Crippen LogP contribution in [0.4, 0.5) is 0 Å². The minimum Gasteiger partial charge on any atom is -0.101 e. The van der Waals surface area contributed by atoms with E-state index in [2.05, 4.69) is 13.8 Å². The van der Waals surface area contributed by atoms with Gasteiger partial charge < -0.3 is 0 Å². The van der Waals surface area contributed by atoms with Crippen LogP contribution in [0.15, 0.2) is 12.2 Å². The van der Waals surface area contributed by atoms with E-state index in [4.69, 9.17) is 23.2 Å². The second-order valence-corrected chi connectivity index (χ2v) is 3.13. The Kier molecular flexibility index (Phi) is 4.39. The Morgan fingerprint density at radius 2 is 1.62 bits per heavy atom. The number of alkyl halides is 2. The summed E-state index contributed by atoms with van der Waals surface area (Å²) in [5, 5.41) is 0. The Bertz CT molecular complexity index is 64.6. The molecule has 0 fully saturated rings. The van der Waals surface area contributed by atoms with Crippen molar-refractivity contribution in [2.45, 2.75) is 18.7 Å². The van der Waals surface area contributed by atoms with Crippen LogP contribution in [0.25, 0.3) is 0 Å². The van der Waals surface area contributed by atoms with Gasteiger partial charge in [0.15, 0.2) is 0 Å². The summed E-state index contributed by atoms with van der Waals surface area (Å²) in [6.45, 7) is 4.15. The van der Waals surface area contributed by atoms with Gasteiger partial charge in [-0.25, -0.2) is 0 Å². The maximum Gasteiger partial charge on any atom is 0.125 e. The Hall–Kier alpha value is 0.320. The number of halogens is 2. The predicted octanol–water partition coefficient (Wildman–Crippen LogP) is 3.00. The Labute approximate surface area is 60.5 Å². The van der Waals surface area contributed by atoms with E-state index in [0.29, 0.717) is 5.92 Å². The van der Waals surface area contributed by atoms with Crippen molar-refractivity contribution in [2.75, 3.05) is 0 Å². The summed E-state index contributed by atoms with van der Waals surface area (Å²) < 4.78 is 0. The molecule has 0 nitrogen and oxygen atoms in total. The van der Waals surface area contributed by atoms with Crippen LogP contribution in [-0.2, 0) is 0 Å². The smallest absolute Gasteiger partial charge is 0.101 e. The molecule has 0 saturated carbocycles. The zero-order valence-corrected chi connectivity index (χ0v) is 6.58. The van der Waals surface area contributed by atoms with E-state index in [9.17, 15) is 0 Å². The highest BCUT2D eigenvalue weighted by Gasteiger charge is 1.89. The van der Waals surface area contributed by atoms with Gasteiger partial charge >= 0.3 is 0 Å². The average molecular weight is 153 g/mol. The fourth-order valence-corrected chi connectivity index (χ4v) is 0.474. The third kappa shape index (κ3) is 6.32. The molecule has 0 aromatic carbocycles. The lowest BCUT2D eigenvalue weighted by atomic mass is 10.2. The molecule has 0 aliphatic carbocycles. The van der Waals surface area contributed by atoms with E-state index in [1.807, 2.05) is 6.08 Å². The van der Waals surface area contributed by atoms with Crippen LogP contribution in [-0.4, -0.2) is 4.84 Å². The quantitative estimate of drug-likeness (QED) is 0.422. The number of rotatable bonds is 2. The normalized spacial score (nSPS) is 12.2. The van der Waals surface area contributed by atoms with Crippen molar-refractivity contribution in [3.05, 3.63) is 12.2 Å². The fraction of sp³-hybridized carbons (Fsp3) is 0.667. The molecule has 0 amide bonds. The second-order valence-electron chi connectivity index (χ2n) is 1.96. The molecule has 0 aliphatic heterocycles. The van der Waals surface area contributed by atoms with Crippen molar-refractivity contribution >= 4 is 23.2 Å². The van der Waals surface area contributed by atoms with Gasteiger partial charge in [-0.3, -0.25) is 0 Å². The third-order valence-electron chi connectivity index (χ3n) is 0.641. The number of allylic oxidation sites excluding steroid dienone is 2. The fourth-order valence-electron chi connectivity index (χ4n) is 0.306. The monoisotopic (exact) mass is 152 g/mol. The molecule has 0 bridgehead atoms. The molecular formula is C6H10Cl2. The van der Waals surface area contributed by atoms with Gasteiger partial charge in [-0.15, -0.1) is 23.2 Å². The van der Waals surface area contributed by atoms with Crippen LogP contribution in [0.3, 0.4) is 0 Å². The zero-order chi connectivity index (χ0) is 6.57. The molecule has 0 heterocycles. The van der Waals surface area contributed by atoms with Gasteiger partial charge in [-0.1, -0.05) is 26.0 Å². The molecule has 48 valence electrons. The molecule has 0 unspecified atom stereocenters. The van der Waals surface area contributed by atoms with Gasteiger partial charge in [0.2, 0.25) is 0 Å². The molecule has 0 rings (SSSR count). The summed E-state index contributed by atoms with van der Waals surface area (Å²) in [6, 6.07) is 0. The molecular weight excluding hydrogens is 143 g/mol. The number of hydrogen-bond acceptors (Lipinski definition) is 0. The van der Waals surface area contributed by atoms with Crippen LogP contribution in [0.5, 0.6) is 0 Å². The van der Waals surface area contributed by atoms with E-state index in [1.54, 1.807) is 6.08 Å². The minimum atomic E-state index is -0.350. The van der Waals surface area contributed by atoms with Gasteiger partial charge in [0, 0.05) is 0 Å². The van der Waals surface area contributed by atoms with E-state index in [-0.39, 0.29) is 4.84 Å². The van der Waals surface area contributed by atoms with Crippen molar-refractivity contribution in [3.8, 4) is 0 Å². The molecule has 0 aliphatic rings. The highest BCUT2D eigenvalue weighted by Crippen LogP contribution is 2.04. The summed E-state index contributed by atoms with van der Waals surface area (Å²) in [6.07, 6.45) is 3.75. The van der Waals surface area contributed by atoms with Gasteiger partial charge in [-0.05, 0) is 5.92 Å². The van der Waals surface area contributed by atoms with Crippen LogP contribution in [0, 0.1) is 5.92 Å². The maximum atomic E-state index is 5.40. The molecule has 0 spiro atoms. The van der Waals surface area contributed by atoms with Gasteiger partial charge in [0.05, 0.1) is 0 Å². The van der Waals surface area contributed by atoms with E-state index >= 15 is 0 Å². The van der Waals surface area contributed by atoms with E-state index in [0.717, 1.165) is 0 Å². The van der Waals surface area contributed by atoms with Crippen LogP contribution in [0.2, 0.25) is 0 Å². The second kappa shape index (κ2) is 4.22. The van der Waals surface area contributed by atoms with E-state index in [1.165, 1.54) is 0 Å². The largest absolute Gasteiger partial charge is 0.125 e.